The average Bonchev–Trinajstić information content (AvgIpc) is 2.89. The van der Waals surface area contributed by atoms with E-state index in [2.05, 4.69) is 74.6 Å². The molecule has 0 saturated carbocycles. The number of hydrogen-bond acceptors (Lipinski definition) is 2. The van der Waals surface area contributed by atoms with Crippen molar-refractivity contribution < 1.29 is 14.7 Å². The zero-order valence-electron chi connectivity index (χ0n) is 24.3. The van der Waals surface area contributed by atoms with Gasteiger partial charge in [0.1, 0.15) is 6.29 Å². The van der Waals surface area contributed by atoms with Crippen LogP contribution >= 0.6 is 0 Å². The van der Waals surface area contributed by atoms with Gasteiger partial charge >= 0.3 is 5.97 Å². The highest BCUT2D eigenvalue weighted by Crippen LogP contribution is 2.10. The Morgan fingerprint density at radius 3 is 1.43 bits per heavy atom. The van der Waals surface area contributed by atoms with Crippen LogP contribution in [-0.4, -0.2) is 17.4 Å². The number of aliphatic carboxylic acids is 1. The molecule has 212 valence electrons. The molecule has 0 amide bonds. The van der Waals surface area contributed by atoms with Gasteiger partial charge in [0.15, 0.2) is 0 Å². The maximum atomic E-state index is 10.3. The lowest BCUT2D eigenvalue weighted by Gasteiger charge is -2.00. The molecular weight excluding hydrogens is 456 g/mol. The van der Waals surface area contributed by atoms with E-state index in [1.807, 2.05) is 0 Å². The highest BCUT2D eigenvalue weighted by atomic mass is 16.4. The SMILES string of the molecule is CC/C=C\C/C=C\C/C=C\CCCCCCCCCC(=O)O.CCCCC/C=C/C/C=C/CCCC=O. The van der Waals surface area contributed by atoms with Crippen LogP contribution in [0.4, 0.5) is 0 Å². The molecule has 0 saturated heterocycles. The van der Waals surface area contributed by atoms with Crippen molar-refractivity contribution in [2.75, 3.05) is 0 Å². The van der Waals surface area contributed by atoms with Gasteiger partial charge in [-0.3, -0.25) is 4.79 Å². The van der Waals surface area contributed by atoms with Crippen LogP contribution in [-0.2, 0) is 9.59 Å². The fourth-order valence-electron chi connectivity index (χ4n) is 3.59. The average molecular weight is 515 g/mol. The molecule has 0 radical (unpaired) electrons. The summed E-state index contributed by atoms with van der Waals surface area (Å²) in [5, 5.41) is 8.53. The molecule has 0 aromatic heterocycles. The van der Waals surface area contributed by atoms with E-state index in [9.17, 15) is 9.59 Å². The number of carbonyl (C=O) groups is 2. The summed E-state index contributed by atoms with van der Waals surface area (Å²) < 4.78 is 0. The van der Waals surface area contributed by atoms with Crippen molar-refractivity contribution >= 4 is 12.3 Å². The Bertz CT molecular complexity index is 611. The Morgan fingerprint density at radius 2 is 0.946 bits per heavy atom. The standard InChI is InChI=1S/C20H34O2.C14H24O/c1-2-3-4-5-6-7-8-9-10-11-12-13-14-15-16-17-18-19-20(21)22;1-2-3-4-5-6-7-8-9-10-11-12-13-14-15/h3-4,6-7,9-10H,2,5,8,11-19H2,1H3,(H,21,22);6-7,9-10,14H,2-5,8,11-13H2,1H3/b4-3-,7-6-,10-9-;7-6+,10-9+. The molecule has 0 heterocycles. The summed E-state index contributed by atoms with van der Waals surface area (Å²) in [5.41, 5.74) is 0. The van der Waals surface area contributed by atoms with Crippen molar-refractivity contribution in [3.8, 4) is 0 Å². The molecule has 0 aliphatic rings. The summed E-state index contributed by atoms with van der Waals surface area (Å²) in [6.45, 7) is 4.38. The maximum Gasteiger partial charge on any atom is 0.303 e. The normalized spacial score (nSPS) is 11.8. The minimum atomic E-state index is -0.668. The Morgan fingerprint density at radius 1 is 0.514 bits per heavy atom. The van der Waals surface area contributed by atoms with Gasteiger partial charge in [0.05, 0.1) is 0 Å². The molecule has 0 aliphatic heterocycles. The van der Waals surface area contributed by atoms with Gasteiger partial charge in [-0.15, -0.1) is 0 Å². The molecule has 0 fully saturated rings. The van der Waals surface area contributed by atoms with E-state index in [0.29, 0.717) is 12.8 Å². The van der Waals surface area contributed by atoms with Crippen LogP contribution in [0.1, 0.15) is 142 Å². The highest BCUT2D eigenvalue weighted by Gasteiger charge is 1.96. The van der Waals surface area contributed by atoms with E-state index in [0.717, 1.165) is 57.7 Å². The van der Waals surface area contributed by atoms with Crippen molar-refractivity contribution in [2.45, 2.75) is 142 Å². The van der Waals surface area contributed by atoms with Crippen LogP contribution in [0.25, 0.3) is 0 Å². The van der Waals surface area contributed by atoms with Gasteiger partial charge in [-0.1, -0.05) is 120 Å². The third-order valence-electron chi connectivity index (χ3n) is 5.81. The van der Waals surface area contributed by atoms with E-state index >= 15 is 0 Å². The summed E-state index contributed by atoms with van der Waals surface area (Å²) in [6, 6.07) is 0. The summed E-state index contributed by atoms with van der Waals surface area (Å²) in [7, 11) is 0. The van der Waals surface area contributed by atoms with Crippen LogP contribution in [0.5, 0.6) is 0 Å². The predicted molar refractivity (Wildman–Crippen MR) is 163 cm³/mol. The molecule has 1 N–H and O–H groups in total. The van der Waals surface area contributed by atoms with Crippen molar-refractivity contribution in [2.24, 2.45) is 0 Å². The zero-order valence-corrected chi connectivity index (χ0v) is 24.3. The van der Waals surface area contributed by atoms with E-state index in [-0.39, 0.29) is 0 Å². The van der Waals surface area contributed by atoms with Gasteiger partial charge in [-0.05, 0) is 70.6 Å². The summed E-state index contributed by atoms with van der Waals surface area (Å²) >= 11 is 0. The van der Waals surface area contributed by atoms with E-state index < -0.39 is 5.97 Å². The van der Waals surface area contributed by atoms with Crippen molar-refractivity contribution in [1.29, 1.82) is 0 Å². The monoisotopic (exact) mass is 514 g/mol. The third-order valence-corrected chi connectivity index (χ3v) is 5.81. The lowest BCUT2D eigenvalue weighted by Crippen LogP contribution is -1.93. The van der Waals surface area contributed by atoms with Crippen LogP contribution in [0.15, 0.2) is 60.8 Å². The second-order valence-electron chi connectivity index (χ2n) is 9.47. The first-order valence-electron chi connectivity index (χ1n) is 15.1. The van der Waals surface area contributed by atoms with Crippen molar-refractivity contribution in [1.82, 2.24) is 0 Å². The minimum Gasteiger partial charge on any atom is -0.481 e. The van der Waals surface area contributed by atoms with Gasteiger partial charge in [0.2, 0.25) is 0 Å². The van der Waals surface area contributed by atoms with Crippen LogP contribution in [0.2, 0.25) is 0 Å². The van der Waals surface area contributed by atoms with Gasteiger partial charge in [0.25, 0.3) is 0 Å². The highest BCUT2D eigenvalue weighted by molar-refractivity contribution is 5.66. The summed E-state index contributed by atoms with van der Waals surface area (Å²) in [5.74, 6) is -0.668. The fourth-order valence-corrected chi connectivity index (χ4v) is 3.59. The number of carboxylic acid groups (broad SMARTS) is 1. The number of carbonyl (C=O) groups excluding carboxylic acids is 1. The third kappa shape index (κ3) is 41.2. The minimum absolute atomic E-state index is 0.328. The Kier molecular flexibility index (Phi) is 36.0. The Labute approximate surface area is 229 Å². The smallest absolute Gasteiger partial charge is 0.303 e. The van der Waals surface area contributed by atoms with E-state index in [1.165, 1.54) is 64.2 Å². The van der Waals surface area contributed by atoms with E-state index in [4.69, 9.17) is 5.11 Å². The first-order valence-corrected chi connectivity index (χ1v) is 15.1. The number of carboxylic acids is 1. The quantitative estimate of drug-likeness (QED) is 0.0748. The summed E-state index contributed by atoms with van der Waals surface area (Å²) in [4.78, 5) is 20.4. The molecule has 0 rings (SSSR count). The van der Waals surface area contributed by atoms with Crippen LogP contribution in [0, 0.1) is 0 Å². The molecule has 0 aromatic rings. The van der Waals surface area contributed by atoms with Crippen molar-refractivity contribution in [3.05, 3.63) is 60.8 Å². The molecule has 0 spiro atoms. The predicted octanol–water partition coefficient (Wildman–Crippen LogP) is 10.9. The van der Waals surface area contributed by atoms with Gasteiger partial charge in [-0.2, -0.15) is 0 Å². The molecule has 0 bridgehead atoms. The second kappa shape index (κ2) is 36.0. The number of aldehydes is 1. The first-order chi connectivity index (χ1) is 18.2. The van der Waals surface area contributed by atoms with Crippen LogP contribution < -0.4 is 0 Å². The molecule has 3 heteroatoms. The number of allylic oxidation sites excluding steroid dienone is 10. The maximum absolute atomic E-state index is 10.3. The van der Waals surface area contributed by atoms with Gasteiger partial charge in [-0.25, -0.2) is 0 Å². The molecular formula is C34H58O3. The van der Waals surface area contributed by atoms with Gasteiger partial charge < -0.3 is 9.90 Å². The largest absolute Gasteiger partial charge is 0.481 e. The first kappa shape index (κ1) is 37.0. The molecule has 37 heavy (non-hydrogen) atoms. The zero-order chi connectivity index (χ0) is 27.5. The molecule has 0 atom stereocenters. The van der Waals surface area contributed by atoms with Crippen LogP contribution in [0.3, 0.4) is 0 Å². The fraction of sp³-hybridized carbons (Fsp3) is 0.647. The topological polar surface area (TPSA) is 54.4 Å². The summed E-state index contributed by atoms with van der Waals surface area (Å²) in [6.07, 6.45) is 45.0. The molecule has 0 unspecified atom stereocenters. The lowest BCUT2D eigenvalue weighted by atomic mass is 10.1. The van der Waals surface area contributed by atoms with E-state index in [1.54, 1.807) is 0 Å². The van der Waals surface area contributed by atoms with Crippen molar-refractivity contribution in [3.63, 3.8) is 0 Å². The second-order valence-corrected chi connectivity index (χ2v) is 9.47. The number of rotatable bonds is 25. The molecule has 0 aromatic carbocycles. The lowest BCUT2D eigenvalue weighted by molar-refractivity contribution is -0.137. The number of hydrogen-bond donors (Lipinski definition) is 1. The Balaban J connectivity index is 0. The molecule has 0 aliphatic carbocycles. The molecule has 3 nitrogen and oxygen atoms in total. The number of unbranched alkanes of at least 4 members (excludes halogenated alkanes) is 12. The Hall–Kier alpha value is -2.16. The van der Waals surface area contributed by atoms with Gasteiger partial charge in [0, 0.05) is 12.8 Å².